The molecule has 56 valence electrons. The summed E-state index contributed by atoms with van der Waals surface area (Å²) in [6, 6.07) is 8.93. The Hall–Kier alpha value is -1.64. The lowest BCUT2D eigenvalue weighted by Gasteiger charge is -2.07. The number of hydrazone groups is 1. The molecule has 2 N–H and O–H groups in total. The molecule has 0 unspecified atom stereocenters. The lowest BCUT2D eigenvalue weighted by molar-refractivity contribution is 0.562. The van der Waals surface area contributed by atoms with E-state index in [-0.39, 0.29) is 0 Å². The van der Waals surface area contributed by atoms with Crippen LogP contribution in [0.3, 0.4) is 0 Å². The first-order valence-corrected chi connectivity index (χ1v) is 3.02. The van der Waals surface area contributed by atoms with Crippen molar-refractivity contribution < 1.29 is 4.79 Å². The van der Waals surface area contributed by atoms with Crippen molar-refractivity contribution in [2.75, 3.05) is 5.12 Å². The van der Waals surface area contributed by atoms with E-state index in [4.69, 9.17) is 5.84 Å². The van der Waals surface area contributed by atoms with E-state index < -0.39 is 0 Å². The number of nitrogens with two attached hydrogens (primary N) is 1. The Bertz CT molecular complexity index is 266. The van der Waals surface area contributed by atoms with Crippen molar-refractivity contribution >= 4 is 11.8 Å². The van der Waals surface area contributed by atoms with E-state index in [1.54, 1.807) is 24.3 Å². The molecule has 0 atom stereocenters. The molecule has 0 spiro atoms. The first-order chi connectivity index (χ1) is 5.34. The molecule has 0 radical (unpaired) electrons. The number of hydrogen-bond acceptors (Lipinski definition) is 4. The third kappa shape index (κ3) is 1.89. The Morgan fingerprint density at radius 2 is 2.00 bits per heavy atom. The molecule has 0 aliphatic heterocycles. The van der Waals surface area contributed by atoms with Crippen LogP contribution < -0.4 is 11.0 Å². The summed E-state index contributed by atoms with van der Waals surface area (Å²) in [6.07, 6.45) is 1.34. The highest BCUT2D eigenvalue weighted by molar-refractivity contribution is 5.46. The van der Waals surface area contributed by atoms with Crippen LogP contribution in [0.1, 0.15) is 0 Å². The van der Waals surface area contributed by atoms with Gasteiger partial charge in [-0.2, -0.15) is 5.12 Å². The van der Waals surface area contributed by atoms with Crippen molar-refractivity contribution in [3.63, 3.8) is 0 Å². The maximum atomic E-state index is 9.78. The molecule has 0 saturated carbocycles. The molecule has 0 bridgehead atoms. The fourth-order valence-electron chi connectivity index (χ4n) is 0.682. The van der Waals surface area contributed by atoms with Crippen molar-refractivity contribution in [3.05, 3.63) is 30.3 Å². The average Bonchev–Trinajstić information content (AvgIpc) is 2.07. The minimum Gasteiger partial charge on any atom is -0.226 e. The highest BCUT2D eigenvalue weighted by atomic mass is 16.1. The van der Waals surface area contributed by atoms with Gasteiger partial charge < -0.3 is 0 Å². The van der Waals surface area contributed by atoms with E-state index >= 15 is 0 Å². The van der Waals surface area contributed by atoms with Crippen molar-refractivity contribution in [2.45, 2.75) is 0 Å². The largest absolute Gasteiger partial charge is 0.259 e. The summed E-state index contributed by atoms with van der Waals surface area (Å²) >= 11 is 0. The van der Waals surface area contributed by atoms with Gasteiger partial charge >= 0.3 is 0 Å². The van der Waals surface area contributed by atoms with Crippen molar-refractivity contribution in [3.8, 4) is 0 Å². The molecule has 4 nitrogen and oxygen atoms in total. The van der Waals surface area contributed by atoms with Gasteiger partial charge in [-0.05, 0) is 12.1 Å². The molecule has 0 aromatic heterocycles. The molecule has 0 heterocycles. The first-order valence-electron chi connectivity index (χ1n) is 3.02. The molecule has 0 aliphatic rings. The van der Waals surface area contributed by atoms with Crippen LogP contribution in [0.15, 0.2) is 35.4 Å². The number of para-hydroxylation sites is 1. The van der Waals surface area contributed by atoms with Crippen LogP contribution in [-0.2, 0) is 4.79 Å². The number of anilines is 1. The van der Waals surface area contributed by atoms with E-state index in [9.17, 15) is 4.79 Å². The monoisotopic (exact) mass is 149 g/mol. The molecule has 1 aromatic rings. The minimum atomic E-state index is 0.649. The first kappa shape index (κ1) is 7.47. The standard InChI is InChI=1S/C7H7N3O/c8-10(9-6-11)7-4-2-1-3-5-7/h1-5H,8H2. The second kappa shape index (κ2) is 3.51. The second-order valence-electron chi connectivity index (χ2n) is 1.87. The summed E-state index contributed by atoms with van der Waals surface area (Å²) in [7, 11) is 0. The molecular weight excluding hydrogens is 142 g/mol. The van der Waals surface area contributed by atoms with Crippen molar-refractivity contribution in [1.82, 2.24) is 0 Å². The molecule has 1 rings (SSSR count). The van der Waals surface area contributed by atoms with Gasteiger partial charge in [0.2, 0.25) is 0 Å². The zero-order valence-corrected chi connectivity index (χ0v) is 5.77. The van der Waals surface area contributed by atoms with Crippen molar-refractivity contribution in [2.24, 2.45) is 10.9 Å². The zero-order valence-electron chi connectivity index (χ0n) is 5.77. The van der Waals surface area contributed by atoms with Crippen LogP contribution in [0.5, 0.6) is 0 Å². The van der Waals surface area contributed by atoms with E-state index in [1.165, 1.54) is 6.08 Å². The normalized spacial score (nSPS) is 8.45. The summed E-state index contributed by atoms with van der Waals surface area (Å²) in [4.78, 5) is 9.78. The number of nitrogens with zero attached hydrogens (tertiary/aromatic N) is 2. The number of hydrogen-bond donors (Lipinski definition) is 1. The topological polar surface area (TPSA) is 58.7 Å². The van der Waals surface area contributed by atoms with Gasteiger partial charge in [-0.1, -0.05) is 23.3 Å². The Morgan fingerprint density at radius 1 is 1.36 bits per heavy atom. The molecule has 0 aliphatic carbocycles. The van der Waals surface area contributed by atoms with E-state index in [0.717, 1.165) is 5.12 Å². The van der Waals surface area contributed by atoms with Gasteiger partial charge in [-0.3, -0.25) is 0 Å². The average molecular weight is 149 g/mol. The summed E-state index contributed by atoms with van der Waals surface area (Å²) in [5.74, 6) is 5.31. The van der Waals surface area contributed by atoms with E-state index in [2.05, 4.69) is 5.10 Å². The molecule has 4 heteroatoms. The van der Waals surface area contributed by atoms with Crippen molar-refractivity contribution in [1.29, 1.82) is 0 Å². The number of carbonyl (C=O) groups excluding carboxylic acids is 1. The van der Waals surface area contributed by atoms with Crippen LogP contribution >= 0.6 is 0 Å². The number of rotatable bonds is 2. The Balaban J connectivity index is 2.84. The smallest absolute Gasteiger partial charge is 0.226 e. The molecule has 1 aromatic carbocycles. The lowest BCUT2D eigenvalue weighted by atomic mass is 10.3. The summed E-state index contributed by atoms with van der Waals surface area (Å²) in [6.45, 7) is 0. The number of hydrazine groups is 1. The van der Waals surface area contributed by atoms with Gasteiger partial charge in [0.1, 0.15) is 0 Å². The summed E-state index contributed by atoms with van der Waals surface area (Å²) in [5.41, 5.74) is 0.649. The molecule has 0 amide bonds. The summed E-state index contributed by atoms with van der Waals surface area (Å²) < 4.78 is 0. The van der Waals surface area contributed by atoms with Crippen LogP contribution in [0.4, 0.5) is 5.69 Å². The van der Waals surface area contributed by atoms with Gasteiger partial charge in [0.25, 0.3) is 6.08 Å². The molecule has 0 fully saturated rings. The molecular formula is C7H7N3O. The third-order valence-corrected chi connectivity index (χ3v) is 1.17. The van der Waals surface area contributed by atoms with Crippen LogP contribution in [-0.4, -0.2) is 6.08 Å². The molecule has 11 heavy (non-hydrogen) atoms. The van der Waals surface area contributed by atoms with Crippen LogP contribution in [0.25, 0.3) is 0 Å². The van der Waals surface area contributed by atoms with Gasteiger partial charge in [-0.25, -0.2) is 10.6 Å². The number of benzene rings is 1. The Morgan fingerprint density at radius 3 is 2.55 bits per heavy atom. The zero-order chi connectivity index (χ0) is 8.10. The summed E-state index contributed by atoms with van der Waals surface area (Å²) in [5, 5.41) is 4.17. The number of isocyanates is 1. The highest BCUT2D eigenvalue weighted by Gasteiger charge is 1.94. The lowest BCUT2D eigenvalue weighted by Crippen LogP contribution is -2.23. The SMILES string of the molecule is NN(N=C=O)c1ccccc1. The second-order valence-corrected chi connectivity index (χ2v) is 1.87. The molecule has 0 saturated heterocycles. The fourth-order valence-corrected chi connectivity index (χ4v) is 0.682. The van der Waals surface area contributed by atoms with Gasteiger partial charge in [0.05, 0.1) is 5.69 Å². The maximum Gasteiger partial charge on any atom is 0.259 e. The van der Waals surface area contributed by atoms with Gasteiger partial charge in [-0.15, -0.1) is 0 Å². The Labute approximate surface area is 63.9 Å². The highest BCUT2D eigenvalue weighted by Crippen LogP contribution is 2.08. The van der Waals surface area contributed by atoms with Gasteiger partial charge in [0.15, 0.2) is 0 Å². The maximum absolute atomic E-state index is 9.78. The fraction of sp³-hybridized carbons (Fsp3) is 0. The van der Waals surface area contributed by atoms with E-state index in [0.29, 0.717) is 5.69 Å². The predicted molar refractivity (Wildman–Crippen MR) is 41.2 cm³/mol. The Kier molecular flexibility index (Phi) is 2.38. The minimum absolute atomic E-state index is 0.649. The quantitative estimate of drug-likeness (QED) is 0.290. The van der Waals surface area contributed by atoms with Crippen LogP contribution in [0, 0.1) is 0 Å². The predicted octanol–water partition coefficient (Wildman–Crippen LogP) is 0.618. The third-order valence-electron chi connectivity index (χ3n) is 1.17. The van der Waals surface area contributed by atoms with Gasteiger partial charge in [0, 0.05) is 0 Å². The van der Waals surface area contributed by atoms with Crippen LogP contribution in [0.2, 0.25) is 0 Å². The van der Waals surface area contributed by atoms with E-state index in [1.807, 2.05) is 6.07 Å².